The molecule has 2 atom stereocenters. The lowest BCUT2D eigenvalue weighted by atomic mass is 9.93. The van der Waals surface area contributed by atoms with E-state index in [0.717, 1.165) is 6.42 Å². The summed E-state index contributed by atoms with van der Waals surface area (Å²) in [5.41, 5.74) is 1.06. The van der Waals surface area contributed by atoms with Crippen LogP contribution in [0.3, 0.4) is 0 Å². The van der Waals surface area contributed by atoms with Gasteiger partial charge >= 0.3 is 6.18 Å². The van der Waals surface area contributed by atoms with Gasteiger partial charge in [-0.2, -0.15) is 18.3 Å². The molecule has 0 spiro atoms. The summed E-state index contributed by atoms with van der Waals surface area (Å²) in [6.07, 6.45) is -0.829. The van der Waals surface area contributed by atoms with Gasteiger partial charge in [-0.25, -0.2) is 0 Å². The van der Waals surface area contributed by atoms with Crippen LogP contribution in [-0.4, -0.2) is 35.1 Å². The van der Waals surface area contributed by atoms with Gasteiger partial charge in [0.15, 0.2) is 0 Å². The van der Waals surface area contributed by atoms with Crippen LogP contribution in [0.4, 0.5) is 13.2 Å². The maximum absolute atomic E-state index is 13.3. The molecule has 0 fully saturated rings. The van der Waals surface area contributed by atoms with Crippen LogP contribution in [0, 0.1) is 5.92 Å². The van der Waals surface area contributed by atoms with Gasteiger partial charge in [-0.3, -0.25) is 10.3 Å². The first kappa shape index (κ1) is 19.0. The van der Waals surface area contributed by atoms with Crippen molar-refractivity contribution in [3.8, 4) is 0 Å². The largest absolute Gasteiger partial charge is 0.409 e. The van der Waals surface area contributed by atoms with Crippen molar-refractivity contribution in [2.75, 3.05) is 6.67 Å². The van der Waals surface area contributed by atoms with Gasteiger partial charge in [-0.1, -0.05) is 18.6 Å². The highest BCUT2D eigenvalue weighted by Gasteiger charge is 2.46. The Morgan fingerprint density at radius 3 is 2.41 bits per heavy atom. The monoisotopic (exact) mass is 319 g/mol. The number of nitrogens with one attached hydrogen (secondary N) is 1. The van der Waals surface area contributed by atoms with E-state index in [-0.39, 0.29) is 23.8 Å². The lowest BCUT2D eigenvalue weighted by molar-refractivity contribution is -0.145. The Morgan fingerprint density at radius 1 is 1.36 bits per heavy atom. The molecule has 6 heteroatoms. The summed E-state index contributed by atoms with van der Waals surface area (Å²) in [6, 6.07) is -1.65. The molecule has 0 aromatic rings. The molecule has 0 amide bonds. The van der Waals surface area contributed by atoms with Crippen molar-refractivity contribution in [1.82, 2.24) is 10.3 Å². The third-order valence-electron chi connectivity index (χ3n) is 3.74. The minimum absolute atomic E-state index is 0.109. The average Bonchev–Trinajstić information content (AvgIpc) is 2.35. The van der Waals surface area contributed by atoms with Gasteiger partial charge in [0.25, 0.3) is 0 Å². The highest BCUT2D eigenvalue weighted by molar-refractivity contribution is 5.92. The van der Waals surface area contributed by atoms with E-state index in [4.69, 9.17) is 0 Å². The molecule has 1 rings (SSSR count). The Morgan fingerprint density at radius 2 is 1.95 bits per heavy atom. The van der Waals surface area contributed by atoms with Gasteiger partial charge < -0.3 is 0 Å². The van der Waals surface area contributed by atoms with Crippen molar-refractivity contribution < 1.29 is 13.2 Å². The van der Waals surface area contributed by atoms with Gasteiger partial charge in [-0.15, -0.1) is 0 Å². The van der Waals surface area contributed by atoms with Gasteiger partial charge in [0.2, 0.25) is 0 Å². The number of hydrazone groups is 1. The molecular formula is C16H28F3N3. The first-order chi connectivity index (χ1) is 9.93. The summed E-state index contributed by atoms with van der Waals surface area (Å²) in [4.78, 5) is 0. The van der Waals surface area contributed by atoms with E-state index in [0.29, 0.717) is 6.42 Å². The second kappa shape index (κ2) is 7.02. The lowest BCUT2D eigenvalue weighted by Crippen LogP contribution is -2.59. The zero-order valence-corrected chi connectivity index (χ0v) is 14.4. The molecule has 1 heterocycles. The number of alkyl halides is 3. The standard InChI is InChI=1S/C16H28F3N3/c1-11(2)8-7-9-12(3)13-14(16(17,18)19)20-10-22(21-13)15(4,5)6/h8,12,14,20H,7,9-10H2,1-6H3. The molecule has 1 aliphatic rings. The zero-order valence-electron chi connectivity index (χ0n) is 14.4. The molecule has 22 heavy (non-hydrogen) atoms. The molecule has 0 bridgehead atoms. The first-order valence-electron chi connectivity index (χ1n) is 7.72. The highest BCUT2D eigenvalue weighted by atomic mass is 19.4. The van der Waals surface area contributed by atoms with Crippen molar-refractivity contribution in [2.24, 2.45) is 11.0 Å². The molecule has 1 N–H and O–H groups in total. The molecule has 2 unspecified atom stereocenters. The Bertz CT molecular complexity index is 429. The third-order valence-corrected chi connectivity index (χ3v) is 3.74. The molecule has 3 nitrogen and oxygen atoms in total. The number of rotatable bonds is 4. The summed E-state index contributed by atoms with van der Waals surface area (Å²) >= 11 is 0. The summed E-state index contributed by atoms with van der Waals surface area (Å²) in [5, 5.41) is 8.64. The summed E-state index contributed by atoms with van der Waals surface area (Å²) < 4.78 is 39.8. The van der Waals surface area contributed by atoms with Gasteiger partial charge in [0.1, 0.15) is 6.04 Å². The fourth-order valence-corrected chi connectivity index (χ4v) is 2.34. The molecule has 0 aromatic carbocycles. The van der Waals surface area contributed by atoms with Crippen molar-refractivity contribution in [3.63, 3.8) is 0 Å². The molecular weight excluding hydrogens is 291 g/mol. The maximum atomic E-state index is 13.3. The summed E-state index contributed by atoms with van der Waals surface area (Å²) in [6.45, 7) is 11.7. The second-order valence-corrected chi connectivity index (χ2v) is 7.19. The number of hydrogen-bond acceptors (Lipinski definition) is 3. The van der Waals surface area contributed by atoms with E-state index in [2.05, 4.69) is 16.5 Å². The lowest BCUT2D eigenvalue weighted by Gasteiger charge is -2.41. The number of nitrogens with zero attached hydrogens (tertiary/aromatic N) is 2. The highest BCUT2D eigenvalue weighted by Crippen LogP contribution is 2.29. The number of allylic oxidation sites excluding steroid dienone is 2. The van der Waals surface area contributed by atoms with Crippen LogP contribution in [0.25, 0.3) is 0 Å². The minimum atomic E-state index is -4.31. The average molecular weight is 319 g/mol. The van der Waals surface area contributed by atoms with Gasteiger partial charge in [-0.05, 0) is 53.4 Å². The topological polar surface area (TPSA) is 27.6 Å². The Balaban J connectivity index is 2.98. The molecule has 1 aliphatic heterocycles. The van der Waals surface area contributed by atoms with Crippen LogP contribution in [0.5, 0.6) is 0 Å². The Kier molecular flexibility index (Phi) is 6.07. The fraction of sp³-hybridized carbons (Fsp3) is 0.812. The smallest absolute Gasteiger partial charge is 0.283 e. The van der Waals surface area contributed by atoms with Crippen LogP contribution in [-0.2, 0) is 0 Å². The quantitative estimate of drug-likeness (QED) is 0.782. The SMILES string of the molecule is CC(C)=CCCC(C)C1=NN(C(C)(C)C)CNC1C(F)(F)F. The van der Waals surface area contributed by atoms with Crippen LogP contribution >= 0.6 is 0 Å². The molecule has 128 valence electrons. The summed E-state index contributed by atoms with van der Waals surface area (Å²) in [7, 11) is 0. The predicted molar refractivity (Wildman–Crippen MR) is 84.7 cm³/mol. The van der Waals surface area contributed by atoms with E-state index in [9.17, 15) is 13.2 Å². The second-order valence-electron chi connectivity index (χ2n) is 7.19. The summed E-state index contributed by atoms with van der Waals surface area (Å²) in [5.74, 6) is -0.222. The van der Waals surface area contributed by atoms with Crippen molar-refractivity contribution in [1.29, 1.82) is 0 Å². The number of halogens is 3. The fourth-order valence-electron chi connectivity index (χ4n) is 2.34. The normalized spacial score (nSPS) is 21.4. The third kappa shape index (κ3) is 5.30. The van der Waals surface area contributed by atoms with E-state index in [1.807, 2.05) is 41.5 Å². The maximum Gasteiger partial charge on any atom is 0.409 e. The van der Waals surface area contributed by atoms with Crippen LogP contribution in [0.2, 0.25) is 0 Å². The van der Waals surface area contributed by atoms with Gasteiger partial charge in [0.05, 0.1) is 17.9 Å². The van der Waals surface area contributed by atoms with E-state index in [1.54, 1.807) is 5.01 Å². The first-order valence-corrected chi connectivity index (χ1v) is 7.72. The molecule has 0 aromatic heterocycles. The van der Waals surface area contributed by atoms with Crippen molar-refractivity contribution >= 4 is 5.71 Å². The minimum Gasteiger partial charge on any atom is -0.283 e. The molecule has 0 radical (unpaired) electrons. The molecule has 0 aliphatic carbocycles. The number of hydrogen-bond donors (Lipinski definition) is 1. The van der Waals surface area contributed by atoms with Crippen LogP contribution in [0.1, 0.15) is 54.4 Å². The Hall–Kier alpha value is -1.04. The van der Waals surface area contributed by atoms with E-state index >= 15 is 0 Å². The van der Waals surface area contributed by atoms with Crippen LogP contribution in [0.15, 0.2) is 16.8 Å². The molecule has 0 saturated heterocycles. The van der Waals surface area contributed by atoms with E-state index < -0.39 is 12.2 Å². The van der Waals surface area contributed by atoms with Crippen molar-refractivity contribution in [2.45, 2.75) is 72.1 Å². The van der Waals surface area contributed by atoms with Crippen LogP contribution < -0.4 is 5.32 Å². The zero-order chi connectivity index (χ0) is 17.1. The Labute approximate surface area is 131 Å². The van der Waals surface area contributed by atoms with Crippen molar-refractivity contribution in [3.05, 3.63) is 11.6 Å². The molecule has 0 saturated carbocycles. The van der Waals surface area contributed by atoms with Gasteiger partial charge in [0, 0.05) is 0 Å². The van der Waals surface area contributed by atoms with E-state index in [1.165, 1.54) is 5.57 Å². The predicted octanol–water partition coefficient (Wildman–Crippen LogP) is 4.32.